The number of rotatable bonds is 8. The van der Waals surface area contributed by atoms with E-state index >= 15 is 0 Å². The Labute approximate surface area is 182 Å². The molecule has 1 aliphatic heterocycles. The number of nitrogens with zero attached hydrogens (tertiary/aromatic N) is 3. The molecule has 1 aromatic heterocycles. The lowest BCUT2D eigenvalue weighted by atomic mass is 9.93. The van der Waals surface area contributed by atoms with Gasteiger partial charge in [-0.25, -0.2) is 4.39 Å². The monoisotopic (exact) mass is 429 g/mol. The third-order valence-corrected chi connectivity index (χ3v) is 6.43. The second kappa shape index (κ2) is 9.45. The van der Waals surface area contributed by atoms with Crippen molar-refractivity contribution < 1.29 is 13.9 Å². The second-order valence-electron chi connectivity index (χ2n) is 8.09. The van der Waals surface area contributed by atoms with Crippen LogP contribution in [0.3, 0.4) is 0 Å². The standard InChI is InChI=1S/C23H28FN3O2S/c1-29-13-12-27-11-8-18(25-27)14-17-15-26(10-9-21(17)30)22(23(28)16-6-7-16)19-4-2-3-5-20(19)24/h2-5,8,11,14,16,21-22,30H,6-7,9-10,12-13,15H2,1H3. The summed E-state index contributed by atoms with van der Waals surface area (Å²) in [4.78, 5) is 15.2. The highest BCUT2D eigenvalue weighted by Crippen LogP contribution is 2.39. The maximum absolute atomic E-state index is 14.6. The average Bonchev–Trinajstić information content (AvgIpc) is 3.50. The van der Waals surface area contributed by atoms with Crippen LogP contribution in [-0.2, 0) is 16.1 Å². The molecular weight excluding hydrogens is 401 g/mol. The number of likely N-dealkylation sites (tertiary alicyclic amines) is 1. The van der Waals surface area contributed by atoms with Gasteiger partial charge in [0.25, 0.3) is 0 Å². The molecule has 2 heterocycles. The molecule has 1 saturated heterocycles. The molecule has 1 aromatic carbocycles. The lowest BCUT2D eigenvalue weighted by Gasteiger charge is -2.37. The van der Waals surface area contributed by atoms with Gasteiger partial charge in [-0.15, -0.1) is 0 Å². The van der Waals surface area contributed by atoms with Crippen LogP contribution in [0.15, 0.2) is 42.1 Å². The van der Waals surface area contributed by atoms with E-state index in [1.54, 1.807) is 25.3 Å². The van der Waals surface area contributed by atoms with E-state index < -0.39 is 6.04 Å². The van der Waals surface area contributed by atoms with E-state index in [0.29, 0.717) is 31.8 Å². The Kier molecular flexibility index (Phi) is 6.71. The van der Waals surface area contributed by atoms with Crippen molar-refractivity contribution in [3.05, 3.63) is 59.2 Å². The van der Waals surface area contributed by atoms with Crippen molar-refractivity contribution in [1.82, 2.24) is 14.7 Å². The third kappa shape index (κ3) is 4.85. The van der Waals surface area contributed by atoms with Crippen molar-refractivity contribution in [3.63, 3.8) is 0 Å². The number of ketones is 1. The molecule has 0 spiro atoms. The van der Waals surface area contributed by atoms with Crippen LogP contribution >= 0.6 is 12.6 Å². The Hall–Kier alpha value is -1.96. The minimum absolute atomic E-state index is 0.0623. The number of methoxy groups -OCH3 is 1. The predicted octanol–water partition coefficient (Wildman–Crippen LogP) is 3.78. The van der Waals surface area contributed by atoms with Gasteiger partial charge < -0.3 is 4.74 Å². The Bertz CT molecular complexity index is 925. The number of aromatic nitrogens is 2. The van der Waals surface area contributed by atoms with Gasteiger partial charge in [0.1, 0.15) is 5.82 Å². The SMILES string of the molecule is COCCn1ccc(C=C2CN(C(C(=O)C3CC3)c3ccccc3F)CCC2S)n1. The summed E-state index contributed by atoms with van der Waals surface area (Å²) in [6, 6.07) is 8.09. The van der Waals surface area contributed by atoms with Crippen molar-refractivity contribution in [3.8, 4) is 0 Å². The Balaban J connectivity index is 1.58. The van der Waals surface area contributed by atoms with Crippen LogP contribution in [0.2, 0.25) is 0 Å². The number of ether oxygens (including phenoxy) is 1. The summed E-state index contributed by atoms with van der Waals surface area (Å²) in [5.74, 6) is -0.111. The largest absolute Gasteiger partial charge is 0.383 e. The molecule has 0 radical (unpaired) electrons. The van der Waals surface area contributed by atoms with Gasteiger partial charge in [0.05, 0.1) is 24.9 Å². The number of hydrogen-bond acceptors (Lipinski definition) is 5. The molecule has 0 amide bonds. The molecule has 2 aliphatic rings. The first-order valence-corrected chi connectivity index (χ1v) is 11.0. The van der Waals surface area contributed by atoms with Gasteiger partial charge in [-0.2, -0.15) is 17.7 Å². The van der Waals surface area contributed by atoms with Crippen molar-refractivity contribution in [2.45, 2.75) is 37.1 Å². The van der Waals surface area contributed by atoms with Crippen LogP contribution in [0.4, 0.5) is 4.39 Å². The number of Topliss-reactive ketones (excluding diaryl/α,β-unsaturated/α-hetero) is 1. The zero-order valence-electron chi connectivity index (χ0n) is 17.2. The highest BCUT2D eigenvalue weighted by atomic mass is 32.1. The van der Waals surface area contributed by atoms with Crippen molar-refractivity contribution >= 4 is 24.5 Å². The van der Waals surface area contributed by atoms with Gasteiger partial charge in [-0.3, -0.25) is 14.4 Å². The number of carbonyl (C=O) groups excluding carboxylic acids is 1. The molecule has 4 rings (SSSR count). The number of carbonyl (C=O) groups is 1. The molecule has 1 saturated carbocycles. The first-order valence-electron chi connectivity index (χ1n) is 10.5. The van der Waals surface area contributed by atoms with Crippen LogP contribution in [0.1, 0.15) is 36.6 Å². The molecule has 30 heavy (non-hydrogen) atoms. The van der Waals surface area contributed by atoms with Gasteiger partial charge >= 0.3 is 0 Å². The Morgan fingerprint density at radius 2 is 2.13 bits per heavy atom. The number of piperidine rings is 1. The van der Waals surface area contributed by atoms with E-state index in [4.69, 9.17) is 17.4 Å². The molecule has 2 unspecified atom stereocenters. The van der Waals surface area contributed by atoms with Crippen molar-refractivity contribution in [1.29, 1.82) is 0 Å². The number of hydrogen-bond donors (Lipinski definition) is 1. The van der Waals surface area contributed by atoms with E-state index in [-0.39, 0.29) is 22.8 Å². The second-order valence-corrected chi connectivity index (χ2v) is 8.71. The zero-order valence-corrected chi connectivity index (χ0v) is 18.1. The molecule has 2 aromatic rings. The Morgan fingerprint density at radius 1 is 1.33 bits per heavy atom. The quantitative estimate of drug-likeness (QED) is 0.649. The number of benzene rings is 1. The summed E-state index contributed by atoms with van der Waals surface area (Å²) < 4.78 is 21.6. The first kappa shape index (κ1) is 21.3. The highest BCUT2D eigenvalue weighted by Gasteiger charge is 2.40. The van der Waals surface area contributed by atoms with Crippen LogP contribution < -0.4 is 0 Å². The van der Waals surface area contributed by atoms with Crippen molar-refractivity contribution in [2.24, 2.45) is 5.92 Å². The maximum Gasteiger partial charge on any atom is 0.157 e. The fourth-order valence-electron chi connectivity index (χ4n) is 4.03. The smallest absolute Gasteiger partial charge is 0.157 e. The summed E-state index contributed by atoms with van der Waals surface area (Å²) in [5.41, 5.74) is 2.44. The summed E-state index contributed by atoms with van der Waals surface area (Å²) in [5, 5.41) is 4.67. The molecular formula is C23H28FN3O2S. The fraction of sp³-hybridized carbons (Fsp3) is 0.478. The molecule has 0 bridgehead atoms. The van der Waals surface area contributed by atoms with Crippen LogP contribution in [0.25, 0.3) is 6.08 Å². The molecule has 2 atom stereocenters. The normalized spacial score (nSPS) is 22.4. The van der Waals surface area contributed by atoms with Crippen LogP contribution in [0.5, 0.6) is 0 Å². The molecule has 160 valence electrons. The van der Waals surface area contributed by atoms with Gasteiger partial charge in [0.2, 0.25) is 0 Å². The van der Waals surface area contributed by atoms with E-state index in [2.05, 4.69) is 10.00 Å². The maximum atomic E-state index is 14.6. The summed E-state index contributed by atoms with van der Waals surface area (Å²) >= 11 is 4.76. The highest BCUT2D eigenvalue weighted by molar-refractivity contribution is 7.81. The molecule has 2 fully saturated rings. The third-order valence-electron chi connectivity index (χ3n) is 5.84. The molecule has 1 aliphatic carbocycles. The molecule has 7 heteroatoms. The van der Waals surface area contributed by atoms with Crippen LogP contribution in [-0.4, -0.2) is 52.5 Å². The predicted molar refractivity (Wildman–Crippen MR) is 118 cm³/mol. The lowest BCUT2D eigenvalue weighted by molar-refractivity contribution is -0.126. The summed E-state index contributed by atoms with van der Waals surface area (Å²) in [7, 11) is 1.67. The van der Waals surface area contributed by atoms with Gasteiger partial charge in [0, 0.05) is 43.1 Å². The molecule has 0 N–H and O–H groups in total. The minimum atomic E-state index is -0.540. The first-order chi connectivity index (χ1) is 14.6. The summed E-state index contributed by atoms with van der Waals surface area (Å²) in [6.07, 6.45) is 6.61. The van der Waals surface area contributed by atoms with E-state index in [1.807, 2.05) is 23.0 Å². The van der Waals surface area contributed by atoms with Gasteiger partial charge in [-0.1, -0.05) is 18.2 Å². The Morgan fingerprint density at radius 3 is 2.87 bits per heavy atom. The van der Waals surface area contributed by atoms with Crippen LogP contribution in [0, 0.1) is 11.7 Å². The van der Waals surface area contributed by atoms with E-state index in [9.17, 15) is 9.18 Å². The zero-order chi connectivity index (χ0) is 21.1. The minimum Gasteiger partial charge on any atom is -0.383 e. The van der Waals surface area contributed by atoms with Gasteiger partial charge in [-0.05, 0) is 43.0 Å². The number of halogens is 1. The molecule has 5 nitrogen and oxygen atoms in total. The van der Waals surface area contributed by atoms with E-state index in [1.165, 1.54) is 6.07 Å². The van der Waals surface area contributed by atoms with Gasteiger partial charge in [0.15, 0.2) is 5.78 Å². The fourth-order valence-corrected chi connectivity index (χ4v) is 4.30. The number of thiol groups is 1. The summed E-state index contributed by atoms with van der Waals surface area (Å²) in [6.45, 7) is 2.59. The lowest BCUT2D eigenvalue weighted by Crippen LogP contribution is -2.42. The van der Waals surface area contributed by atoms with Crippen molar-refractivity contribution in [2.75, 3.05) is 26.8 Å². The topological polar surface area (TPSA) is 47.4 Å². The average molecular weight is 430 g/mol. The van der Waals surface area contributed by atoms with E-state index in [0.717, 1.165) is 30.5 Å².